The highest BCUT2D eigenvalue weighted by atomic mass is 16.5. The van der Waals surface area contributed by atoms with E-state index >= 15 is 0 Å². The molecule has 0 spiro atoms. The second-order valence-electron chi connectivity index (χ2n) is 6.94. The Morgan fingerprint density at radius 1 is 1.33 bits per heavy atom. The topological polar surface area (TPSA) is 24.5 Å². The van der Waals surface area contributed by atoms with Gasteiger partial charge in [-0.1, -0.05) is 38.1 Å². The van der Waals surface area contributed by atoms with E-state index in [2.05, 4.69) is 62.3 Å². The van der Waals surface area contributed by atoms with Crippen LogP contribution in [-0.4, -0.2) is 44.3 Å². The number of ether oxygens (including phenoxy) is 1. The van der Waals surface area contributed by atoms with Crippen LogP contribution in [0.3, 0.4) is 0 Å². The maximum absolute atomic E-state index is 5.70. The highest BCUT2D eigenvalue weighted by Crippen LogP contribution is 2.29. The van der Waals surface area contributed by atoms with Crippen molar-refractivity contribution in [3.8, 4) is 0 Å². The molecule has 1 aliphatic rings. The summed E-state index contributed by atoms with van der Waals surface area (Å²) in [5.41, 5.74) is 3.06. The fourth-order valence-corrected chi connectivity index (χ4v) is 3.10. The molecule has 1 saturated heterocycles. The fraction of sp³-hybridized carbons (Fsp3) is 0.667. The summed E-state index contributed by atoms with van der Waals surface area (Å²) in [7, 11) is 2.22. The second kappa shape index (κ2) is 7.39. The van der Waals surface area contributed by atoms with Crippen LogP contribution in [0.4, 0.5) is 0 Å². The molecule has 0 aromatic heterocycles. The Labute approximate surface area is 129 Å². The first kappa shape index (κ1) is 16.5. The third-order valence-electron chi connectivity index (χ3n) is 4.38. The number of aryl methyl sites for hydroxylation is 1. The van der Waals surface area contributed by atoms with Crippen molar-refractivity contribution >= 4 is 0 Å². The van der Waals surface area contributed by atoms with E-state index in [0.717, 1.165) is 39.3 Å². The number of nitrogens with zero attached hydrogens (tertiary/aromatic N) is 1. The number of nitrogens with one attached hydrogen (secondary N) is 1. The van der Waals surface area contributed by atoms with E-state index in [1.165, 1.54) is 11.1 Å². The Morgan fingerprint density at radius 3 is 2.71 bits per heavy atom. The first-order valence-corrected chi connectivity index (χ1v) is 8.05. The number of hydrogen-bond acceptors (Lipinski definition) is 3. The summed E-state index contributed by atoms with van der Waals surface area (Å²) in [5.74, 6) is 0. The summed E-state index contributed by atoms with van der Waals surface area (Å²) >= 11 is 0. The SMILES string of the molecule is Cc1ccccc1CN(C)CC1(CNC(C)C)CCOC1. The third kappa shape index (κ3) is 4.80. The van der Waals surface area contributed by atoms with Gasteiger partial charge in [0.15, 0.2) is 0 Å². The molecule has 3 heteroatoms. The largest absolute Gasteiger partial charge is 0.381 e. The number of benzene rings is 1. The van der Waals surface area contributed by atoms with E-state index in [1.807, 2.05) is 0 Å². The van der Waals surface area contributed by atoms with Crippen molar-refractivity contribution in [2.75, 3.05) is 33.4 Å². The van der Waals surface area contributed by atoms with Gasteiger partial charge in [-0.2, -0.15) is 0 Å². The molecule has 1 aromatic carbocycles. The lowest BCUT2D eigenvalue weighted by Crippen LogP contribution is -2.45. The quantitative estimate of drug-likeness (QED) is 0.836. The zero-order valence-corrected chi connectivity index (χ0v) is 14.0. The van der Waals surface area contributed by atoms with E-state index in [4.69, 9.17) is 4.74 Å². The predicted octanol–water partition coefficient (Wildman–Crippen LogP) is 2.83. The number of rotatable bonds is 7. The van der Waals surface area contributed by atoms with Crippen molar-refractivity contribution in [1.82, 2.24) is 10.2 Å². The van der Waals surface area contributed by atoms with Crippen LogP contribution in [0.15, 0.2) is 24.3 Å². The highest BCUT2D eigenvalue weighted by Gasteiger charge is 2.35. The lowest BCUT2D eigenvalue weighted by atomic mass is 9.86. The van der Waals surface area contributed by atoms with Crippen molar-refractivity contribution in [3.63, 3.8) is 0 Å². The molecule has 0 amide bonds. The zero-order valence-electron chi connectivity index (χ0n) is 14.0. The zero-order chi connectivity index (χ0) is 15.3. The molecular weight excluding hydrogens is 260 g/mol. The van der Waals surface area contributed by atoms with Gasteiger partial charge < -0.3 is 15.0 Å². The monoisotopic (exact) mass is 290 g/mol. The maximum atomic E-state index is 5.70. The predicted molar refractivity (Wildman–Crippen MR) is 88.5 cm³/mol. The average molecular weight is 290 g/mol. The minimum absolute atomic E-state index is 0.266. The third-order valence-corrected chi connectivity index (χ3v) is 4.38. The van der Waals surface area contributed by atoms with Crippen LogP contribution in [0.1, 0.15) is 31.4 Å². The normalized spacial score (nSPS) is 22.4. The summed E-state index contributed by atoms with van der Waals surface area (Å²) in [6.45, 7) is 11.5. The van der Waals surface area contributed by atoms with E-state index in [0.29, 0.717) is 6.04 Å². The Hall–Kier alpha value is -0.900. The van der Waals surface area contributed by atoms with E-state index in [1.54, 1.807) is 0 Å². The Balaban J connectivity index is 1.95. The first-order valence-electron chi connectivity index (χ1n) is 8.05. The lowest BCUT2D eigenvalue weighted by molar-refractivity contribution is 0.115. The van der Waals surface area contributed by atoms with Crippen molar-refractivity contribution in [2.45, 2.75) is 39.8 Å². The maximum Gasteiger partial charge on any atom is 0.0547 e. The van der Waals surface area contributed by atoms with Gasteiger partial charge in [0.1, 0.15) is 0 Å². The lowest BCUT2D eigenvalue weighted by Gasteiger charge is -2.33. The van der Waals surface area contributed by atoms with Gasteiger partial charge in [0.05, 0.1) is 6.61 Å². The molecule has 0 saturated carbocycles. The van der Waals surface area contributed by atoms with Crippen molar-refractivity contribution < 1.29 is 4.74 Å². The van der Waals surface area contributed by atoms with Crippen LogP contribution >= 0.6 is 0 Å². The van der Waals surface area contributed by atoms with Crippen molar-refractivity contribution in [1.29, 1.82) is 0 Å². The van der Waals surface area contributed by atoms with Crippen LogP contribution in [0.2, 0.25) is 0 Å². The van der Waals surface area contributed by atoms with E-state index < -0.39 is 0 Å². The number of hydrogen-bond donors (Lipinski definition) is 1. The standard InChI is InChI=1S/C18H30N2O/c1-15(2)19-12-18(9-10-21-14-18)13-20(4)11-17-8-6-5-7-16(17)3/h5-8,15,19H,9-14H2,1-4H3. The summed E-state index contributed by atoms with van der Waals surface area (Å²) < 4.78 is 5.70. The Kier molecular flexibility index (Phi) is 5.80. The fourth-order valence-electron chi connectivity index (χ4n) is 3.10. The summed E-state index contributed by atoms with van der Waals surface area (Å²) in [4.78, 5) is 2.44. The van der Waals surface area contributed by atoms with Gasteiger partial charge in [0, 0.05) is 37.7 Å². The molecule has 0 bridgehead atoms. The van der Waals surface area contributed by atoms with Crippen molar-refractivity contribution in [2.24, 2.45) is 5.41 Å². The van der Waals surface area contributed by atoms with E-state index in [9.17, 15) is 0 Å². The molecule has 1 N–H and O–H groups in total. The second-order valence-corrected chi connectivity index (χ2v) is 6.94. The molecule has 1 heterocycles. The van der Waals surface area contributed by atoms with Crippen LogP contribution in [-0.2, 0) is 11.3 Å². The average Bonchev–Trinajstić information content (AvgIpc) is 2.88. The minimum Gasteiger partial charge on any atom is -0.381 e. The Morgan fingerprint density at radius 2 is 2.10 bits per heavy atom. The molecule has 0 aliphatic carbocycles. The molecule has 2 rings (SSSR count). The molecule has 0 radical (unpaired) electrons. The summed E-state index contributed by atoms with van der Waals surface area (Å²) in [6.07, 6.45) is 1.16. The van der Waals surface area contributed by atoms with E-state index in [-0.39, 0.29) is 5.41 Å². The summed E-state index contributed by atoms with van der Waals surface area (Å²) in [5, 5.41) is 3.60. The highest BCUT2D eigenvalue weighted by molar-refractivity contribution is 5.25. The molecule has 118 valence electrons. The van der Waals surface area contributed by atoms with Gasteiger partial charge in [-0.3, -0.25) is 0 Å². The van der Waals surface area contributed by atoms with Gasteiger partial charge in [-0.05, 0) is 31.5 Å². The van der Waals surface area contributed by atoms with Crippen LogP contribution < -0.4 is 5.32 Å². The molecule has 1 fully saturated rings. The first-order chi connectivity index (χ1) is 10.0. The summed E-state index contributed by atoms with van der Waals surface area (Å²) in [6, 6.07) is 9.19. The molecular formula is C18H30N2O. The van der Waals surface area contributed by atoms with Gasteiger partial charge in [-0.25, -0.2) is 0 Å². The van der Waals surface area contributed by atoms with Crippen LogP contribution in [0.25, 0.3) is 0 Å². The smallest absolute Gasteiger partial charge is 0.0547 e. The molecule has 1 unspecified atom stereocenters. The van der Waals surface area contributed by atoms with Gasteiger partial charge in [0.25, 0.3) is 0 Å². The van der Waals surface area contributed by atoms with Crippen LogP contribution in [0, 0.1) is 12.3 Å². The van der Waals surface area contributed by atoms with Gasteiger partial charge >= 0.3 is 0 Å². The molecule has 1 aromatic rings. The molecule has 1 atom stereocenters. The van der Waals surface area contributed by atoms with Gasteiger partial charge in [0.2, 0.25) is 0 Å². The molecule has 1 aliphatic heterocycles. The minimum atomic E-state index is 0.266. The molecule has 21 heavy (non-hydrogen) atoms. The molecule has 3 nitrogen and oxygen atoms in total. The van der Waals surface area contributed by atoms with Crippen molar-refractivity contribution in [3.05, 3.63) is 35.4 Å². The van der Waals surface area contributed by atoms with Crippen LogP contribution in [0.5, 0.6) is 0 Å². The Bertz CT molecular complexity index is 439. The van der Waals surface area contributed by atoms with Gasteiger partial charge in [-0.15, -0.1) is 0 Å².